The van der Waals surface area contributed by atoms with Crippen LogP contribution in [0.4, 0.5) is 0 Å². The third kappa shape index (κ3) is 6.79. The first kappa shape index (κ1) is 16.3. The number of nitrogens with one attached hydrogen (secondary N) is 1. The van der Waals surface area contributed by atoms with E-state index >= 15 is 0 Å². The fourth-order valence-corrected chi connectivity index (χ4v) is 2.49. The maximum atomic E-state index is 3.70. The normalized spacial score (nSPS) is 13.4. The third-order valence-electron chi connectivity index (χ3n) is 3.23. The topological polar surface area (TPSA) is 20.2 Å². The summed E-state index contributed by atoms with van der Waals surface area (Å²) in [7, 11) is 4.29. The lowest BCUT2D eigenvalue weighted by atomic mass is 10.0. The van der Waals surface area contributed by atoms with Crippen LogP contribution >= 0.6 is 0 Å². The maximum Gasteiger partial charge on any atom is 0.0223 e. The lowest BCUT2D eigenvalue weighted by molar-refractivity contribution is 0.305. The van der Waals surface area contributed by atoms with E-state index in [1.807, 2.05) is 0 Å². The molecule has 19 heavy (non-hydrogen) atoms. The summed E-state index contributed by atoms with van der Waals surface area (Å²) in [4.78, 5) is 2.27. The molecule has 0 aromatic carbocycles. The van der Waals surface area contributed by atoms with Gasteiger partial charge in [0.2, 0.25) is 0 Å². The molecule has 3 heteroatoms. The number of hydrogen-bond acceptors (Lipinski definition) is 2. The first-order valence-corrected chi connectivity index (χ1v) is 7.54. The van der Waals surface area contributed by atoms with Gasteiger partial charge in [-0.1, -0.05) is 20.8 Å². The van der Waals surface area contributed by atoms with Crippen molar-refractivity contribution in [2.24, 2.45) is 5.92 Å². The number of hydrogen-bond donors (Lipinski definition) is 1. The Hall–Kier alpha value is -0.800. The molecule has 1 aromatic rings. The van der Waals surface area contributed by atoms with Gasteiger partial charge in [0.05, 0.1) is 0 Å². The molecular weight excluding hydrogens is 234 g/mol. The quantitative estimate of drug-likeness (QED) is 0.741. The van der Waals surface area contributed by atoms with E-state index < -0.39 is 0 Å². The summed E-state index contributed by atoms with van der Waals surface area (Å²) >= 11 is 0. The molecule has 1 rings (SSSR count). The van der Waals surface area contributed by atoms with Crippen molar-refractivity contribution in [2.75, 3.05) is 20.6 Å². The van der Waals surface area contributed by atoms with E-state index in [1.165, 1.54) is 18.4 Å². The Balaban J connectivity index is 2.44. The zero-order valence-electron chi connectivity index (χ0n) is 13.3. The lowest BCUT2D eigenvalue weighted by Gasteiger charge is -2.24. The van der Waals surface area contributed by atoms with Gasteiger partial charge in [-0.25, -0.2) is 0 Å². The molecule has 0 amide bonds. The highest BCUT2D eigenvalue weighted by Gasteiger charge is 2.11. The second kappa shape index (κ2) is 8.39. The molecule has 110 valence electrons. The average molecular weight is 265 g/mol. The largest absolute Gasteiger partial charge is 0.354 e. The molecule has 0 aliphatic carbocycles. The molecule has 3 nitrogen and oxygen atoms in total. The zero-order valence-corrected chi connectivity index (χ0v) is 13.3. The summed E-state index contributed by atoms with van der Waals surface area (Å²) < 4.78 is 2.28. The average Bonchev–Trinajstić information content (AvgIpc) is 2.73. The second-order valence-corrected chi connectivity index (χ2v) is 6.23. The van der Waals surface area contributed by atoms with Gasteiger partial charge in [0.25, 0.3) is 0 Å². The molecule has 1 atom stereocenters. The minimum Gasteiger partial charge on any atom is -0.354 e. The van der Waals surface area contributed by atoms with E-state index in [0.717, 1.165) is 25.6 Å². The van der Waals surface area contributed by atoms with Gasteiger partial charge in [0.1, 0.15) is 0 Å². The van der Waals surface area contributed by atoms with Crippen LogP contribution in [-0.2, 0) is 13.1 Å². The highest BCUT2D eigenvalue weighted by Crippen LogP contribution is 2.08. The molecule has 1 aromatic heterocycles. The van der Waals surface area contributed by atoms with Gasteiger partial charge in [-0.05, 0) is 44.5 Å². The van der Waals surface area contributed by atoms with E-state index in [2.05, 4.69) is 68.1 Å². The summed E-state index contributed by atoms with van der Waals surface area (Å²) in [6.07, 6.45) is 6.87. The molecule has 1 N–H and O–H groups in total. The number of aryl methyl sites for hydroxylation is 1. The number of aromatic nitrogens is 1. The van der Waals surface area contributed by atoms with Crippen LogP contribution < -0.4 is 5.32 Å². The fraction of sp³-hybridized carbons (Fsp3) is 0.750. The van der Waals surface area contributed by atoms with Crippen molar-refractivity contribution in [1.82, 2.24) is 14.8 Å². The van der Waals surface area contributed by atoms with Crippen molar-refractivity contribution in [3.63, 3.8) is 0 Å². The molecule has 0 spiro atoms. The van der Waals surface area contributed by atoms with E-state index in [9.17, 15) is 0 Å². The Kier molecular flexibility index (Phi) is 7.17. The van der Waals surface area contributed by atoms with Crippen molar-refractivity contribution in [3.05, 3.63) is 24.0 Å². The van der Waals surface area contributed by atoms with E-state index in [1.54, 1.807) is 0 Å². The predicted molar refractivity (Wildman–Crippen MR) is 83.4 cm³/mol. The van der Waals surface area contributed by atoms with Crippen LogP contribution in [0.3, 0.4) is 0 Å². The van der Waals surface area contributed by atoms with Crippen LogP contribution in [0.1, 0.15) is 39.2 Å². The number of likely N-dealkylation sites (N-methyl/N-ethyl adjacent to an activating group) is 1. The fourth-order valence-electron chi connectivity index (χ4n) is 2.49. The molecular formula is C16H31N3. The summed E-state index contributed by atoms with van der Waals surface area (Å²) in [5.41, 5.74) is 1.39. The second-order valence-electron chi connectivity index (χ2n) is 6.23. The zero-order chi connectivity index (χ0) is 14.3. The van der Waals surface area contributed by atoms with Crippen molar-refractivity contribution in [3.8, 4) is 0 Å². The first-order valence-electron chi connectivity index (χ1n) is 7.54. The summed E-state index contributed by atoms with van der Waals surface area (Å²) in [5.74, 6) is 0.738. The standard InChI is InChI=1S/C16H31N3/c1-6-8-19-9-7-15(12-19)11-17-16(10-14(2)3)13-18(4)5/h7,9,12,14,16-17H,6,8,10-11,13H2,1-5H3. The molecule has 0 saturated carbocycles. The number of nitrogens with zero attached hydrogens (tertiary/aromatic N) is 2. The molecule has 0 fully saturated rings. The van der Waals surface area contributed by atoms with Crippen LogP contribution in [0.2, 0.25) is 0 Å². The van der Waals surface area contributed by atoms with Crippen molar-refractivity contribution < 1.29 is 0 Å². The van der Waals surface area contributed by atoms with Gasteiger partial charge in [-0.15, -0.1) is 0 Å². The minimum absolute atomic E-state index is 0.574. The van der Waals surface area contributed by atoms with Crippen LogP contribution in [0.25, 0.3) is 0 Å². The van der Waals surface area contributed by atoms with Crippen LogP contribution in [-0.4, -0.2) is 36.1 Å². The third-order valence-corrected chi connectivity index (χ3v) is 3.23. The number of rotatable bonds is 9. The highest BCUT2D eigenvalue weighted by atomic mass is 15.1. The molecule has 0 bridgehead atoms. The maximum absolute atomic E-state index is 3.70. The Labute approximate surface area is 119 Å². The van der Waals surface area contributed by atoms with Crippen molar-refractivity contribution in [2.45, 2.75) is 52.7 Å². The lowest BCUT2D eigenvalue weighted by Crippen LogP contribution is -2.38. The molecule has 1 heterocycles. The van der Waals surface area contributed by atoms with Crippen LogP contribution in [0, 0.1) is 5.92 Å². The Morgan fingerprint density at radius 1 is 1.32 bits per heavy atom. The van der Waals surface area contributed by atoms with Gasteiger partial charge < -0.3 is 14.8 Å². The van der Waals surface area contributed by atoms with Crippen LogP contribution in [0.15, 0.2) is 18.5 Å². The molecule has 0 aliphatic rings. The molecule has 1 unspecified atom stereocenters. The summed E-state index contributed by atoms with van der Waals surface area (Å²) in [6.45, 7) is 10.0. The Morgan fingerprint density at radius 2 is 2.05 bits per heavy atom. The molecule has 0 saturated heterocycles. The minimum atomic E-state index is 0.574. The first-order chi connectivity index (χ1) is 9.01. The summed E-state index contributed by atoms with van der Waals surface area (Å²) in [6, 6.07) is 2.80. The van der Waals surface area contributed by atoms with E-state index in [4.69, 9.17) is 0 Å². The van der Waals surface area contributed by atoms with E-state index in [0.29, 0.717) is 6.04 Å². The van der Waals surface area contributed by atoms with Crippen molar-refractivity contribution >= 4 is 0 Å². The predicted octanol–water partition coefficient (Wildman–Crippen LogP) is 2.96. The highest BCUT2D eigenvalue weighted by molar-refractivity contribution is 5.10. The Morgan fingerprint density at radius 3 is 2.63 bits per heavy atom. The van der Waals surface area contributed by atoms with E-state index in [-0.39, 0.29) is 0 Å². The molecule has 0 aliphatic heterocycles. The molecule has 0 radical (unpaired) electrons. The van der Waals surface area contributed by atoms with Gasteiger partial charge in [0.15, 0.2) is 0 Å². The van der Waals surface area contributed by atoms with Gasteiger partial charge in [-0.2, -0.15) is 0 Å². The van der Waals surface area contributed by atoms with Gasteiger partial charge in [-0.3, -0.25) is 0 Å². The SMILES string of the molecule is CCCn1ccc(CNC(CC(C)C)CN(C)C)c1. The van der Waals surface area contributed by atoms with Crippen molar-refractivity contribution in [1.29, 1.82) is 0 Å². The summed E-state index contributed by atoms with van der Waals surface area (Å²) in [5, 5.41) is 3.70. The van der Waals surface area contributed by atoms with Gasteiger partial charge >= 0.3 is 0 Å². The monoisotopic (exact) mass is 265 g/mol. The smallest absolute Gasteiger partial charge is 0.0223 e. The van der Waals surface area contributed by atoms with Crippen LogP contribution in [0.5, 0.6) is 0 Å². The van der Waals surface area contributed by atoms with Gasteiger partial charge in [0, 0.05) is 38.1 Å². The Bertz CT molecular complexity index is 332.